The van der Waals surface area contributed by atoms with Crippen LogP contribution in [0.3, 0.4) is 0 Å². The monoisotopic (exact) mass is 280 g/mol. The largest absolute Gasteiger partial charge is 0.353 e. The molecule has 0 aromatic heterocycles. The number of nitrogens with one attached hydrogen (secondary N) is 2. The quantitative estimate of drug-likeness (QED) is 0.607. The summed E-state index contributed by atoms with van der Waals surface area (Å²) in [6.45, 7) is 4.76. The molecule has 2 atom stereocenters. The van der Waals surface area contributed by atoms with Gasteiger partial charge >= 0.3 is 0 Å². The van der Waals surface area contributed by atoms with Crippen LogP contribution in [0.15, 0.2) is 0 Å². The molecule has 6 heteroatoms. The standard InChI is InChI=1S/C14H24N4O2/c19-13-11-3-1-7-17(11)9-5-16-14(20)12-4-2-8-18(12)10-6-15-13/h11-12H,1-10H2,(H,15,19)(H,16,20)/t11-,12-/m0/s1. The van der Waals surface area contributed by atoms with Crippen LogP contribution in [0.25, 0.3) is 0 Å². The summed E-state index contributed by atoms with van der Waals surface area (Å²) in [5.74, 6) is 0.315. The van der Waals surface area contributed by atoms with Crippen molar-refractivity contribution in [3.63, 3.8) is 0 Å². The van der Waals surface area contributed by atoms with Gasteiger partial charge in [0.25, 0.3) is 0 Å². The summed E-state index contributed by atoms with van der Waals surface area (Å²) in [4.78, 5) is 28.8. The molecule has 2 amide bonds. The fourth-order valence-electron chi connectivity index (χ4n) is 3.66. The molecule has 0 bridgehead atoms. The molecule has 0 radical (unpaired) electrons. The molecule has 6 nitrogen and oxygen atoms in total. The van der Waals surface area contributed by atoms with Gasteiger partial charge in [-0.25, -0.2) is 0 Å². The maximum atomic E-state index is 12.2. The molecular formula is C14H24N4O2. The third-order valence-electron chi connectivity index (χ3n) is 4.73. The lowest BCUT2D eigenvalue weighted by atomic mass is 10.2. The molecule has 0 spiro atoms. The lowest BCUT2D eigenvalue weighted by Crippen LogP contribution is -2.51. The molecule has 0 saturated carbocycles. The lowest BCUT2D eigenvalue weighted by molar-refractivity contribution is -0.126. The summed E-state index contributed by atoms with van der Waals surface area (Å²) >= 11 is 0. The predicted octanol–water partition coefficient (Wildman–Crippen LogP) is -0.839. The van der Waals surface area contributed by atoms with Crippen molar-refractivity contribution in [2.75, 3.05) is 39.3 Å². The van der Waals surface area contributed by atoms with Gasteiger partial charge in [0.05, 0.1) is 12.1 Å². The first-order valence-corrected chi connectivity index (χ1v) is 7.79. The molecule has 3 aliphatic rings. The zero-order valence-electron chi connectivity index (χ0n) is 11.9. The Morgan fingerprint density at radius 3 is 1.65 bits per heavy atom. The van der Waals surface area contributed by atoms with Crippen molar-refractivity contribution in [2.45, 2.75) is 37.8 Å². The summed E-state index contributed by atoms with van der Waals surface area (Å²) < 4.78 is 0. The SMILES string of the molecule is O=C1NCCN2CCC[C@H]2C(=O)NCCN2CCC[C@@H]12. The highest BCUT2D eigenvalue weighted by molar-refractivity contribution is 5.83. The van der Waals surface area contributed by atoms with Crippen LogP contribution in [0.2, 0.25) is 0 Å². The van der Waals surface area contributed by atoms with Gasteiger partial charge in [0.1, 0.15) is 0 Å². The minimum Gasteiger partial charge on any atom is -0.353 e. The third-order valence-corrected chi connectivity index (χ3v) is 4.73. The van der Waals surface area contributed by atoms with Crippen molar-refractivity contribution in [2.24, 2.45) is 0 Å². The molecular weight excluding hydrogens is 256 g/mol. The summed E-state index contributed by atoms with van der Waals surface area (Å²) in [7, 11) is 0. The van der Waals surface area contributed by atoms with Crippen molar-refractivity contribution >= 4 is 11.8 Å². The predicted molar refractivity (Wildman–Crippen MR) is 75.2 cm³/mol. The van der Waals surface area contributed by atoms with Crippen LogP contribution in [-0.4, -0.2) is 73.0 Å². The second-order valence-corrected chi connectivity index (χ2v) is 5.97. The Balaban J connectivity index is 1.67. The van der Waals surface area contributed by atoms with Crippen LogP contribution in [0, 0.1) is 0 Å². The van der Waals surface area contributed by atoms with Crippen molar-refractivity contribution in [1.29, 1.82) is 0 Å². The summed E-state index contributed by atoms with van der Waals surface area (Å²) in [5.41, 5.74) is 0. The number of rotatable bonds is 0. The van der Waals surface area contributed by atoms with E-state index in [1.165, 1.54) is 0 Å². The van der Waals surface area contributed by atoms with Crippen molar-refractivity contribution in [1.82, 2.24) is 20.4 Å². The minimum absolute atomic E-state index is 0.000651. The van der Waals surface area contributed by atoms with E-state index in [9.17, 15) is 9.59 Å². The molecule has 3 rings (SSSR count). The second-order valence-electron chi connectivity index (χ2n) is 5.97. The number of hydrogen-bond donors (Lipinski definition) is 2. The maximum Gasteiger partial charge on any atom is 0.237 e. The second kappa shape index (κ2) is 6.10. The first-order valence-electron chi connectivity index (χ1n) is 7.79. The molecule has 0 aromatic carbocycles. The fourth-order valence-corrected chi connectivity index (χ4v) is 3.66. The molecule has 0 unspecified atom stereocenters. The number of carbonyl (C=O) groups is 2. The van der Waals surface area contributed by atoms with E-state index < -0.39 is 0 Å². The van der Waals surface area contributed by atoms with Gasteiger partial charge in [0, 0.05) is 26.2 Å². The van der Waals surface area contributed by atoms with Crippen LogP contribution < -0.4 is 10.6 Å². The van der Waals surface area contributed by atoms with Crippen LogP contribution in [0.1, 0.15) is 25.7 Å². The average molecular weight is 280 g/mol. The van der Waals surface area contributed by atoms with Crippen LogP contribution in [-0.2, 0) is 9.59 Å². The van der Waals surface area contributed by atoms with E-state index in [4.69, 9.17) is 0 Å². The number of hydrogen-bond acceptors (Lipinski definition) is 4. The van der Waals surface area contributed by atoms with E-state index in [2.05, 4.69) is 20.4 Å². The summed E-state index contributed by atoms with van der Waals surface area (Å²) in [6.07, 6.45) is 4.01. The zero-order chi connectivity index (χ0) is 13.9. The normalized spacial score (nSPS) is 33.6. The minimum atomic E-state index is 0.000651. The Morgan fingerprint density at radius 2 is 1.20 bits per heavy atom. The first kappa shape index (κ1) is 13.8. The first-order chi connectivity index (χ1) is 9.75. The van der Waals surface area contributed by atoms with Gasteiger partial charge in [-0.1, -0.05) is 0 Å². The van der Waals surface area contributed by atoms with Gasteiger partial charge in [0.2, 0.25) is 11.8 Å². The van der Waals surface area contributed by atoms with Crippen molar-refractivity contribution in [3.05, 3.63) is 0 Å². The van der Waals surface area contributed by atoms with Gasteiger partial charge in [-0.3, -0.25) is 19.4 Å². The molecule has 20 heavy (non-hydrogen) atoms. The summed E-state index contributed by atoms with van der Waals surface area (Å²) in [5, 5.41) is 6.09. The van der Waals surface area contributed by atoms with Gasteiger partial charge in [-0.15, -0.1) is 0 Å². The van der Waals surface area contributed by atoms with E-state index in [-0.39, 0.29) is 23.9 Å². The molecule has 2 N–H and O–H groups in total. The van der Waals surface area contributed by atoms with Gasteiger partial charge < -0.3 is 10.6 Å². The Morgan fingerprint density at radius 1 is 0.750 bits per heavy atom. The van der Waals surface area contributed by atoms with Crippen molar-refractivity contribution in [3.8, 4) is 0 Å². The van der Waals surface area contributed by atoms with Gasteiger partial charge in [-0.05, 0) is 38.8 Å². The van der Waals surface area contributed by atoms with E-state index in [1.807, 2.05) is 0 Å². The van der Waals surface area contributed by atoms with Crippen molar-refractivity contribution < 1.29 is 9.59 Å². The molecule has 0 aromatic rings. The van der Waals surface area contributed by atoms with Gasteiger partial charge in [0.15, 0.2) is 0 Å². The number of carbonyl (C=O) groups excluding carboxylic acids is 2. The molecule has 3 saturated heterocycles. The van der Waals surface area contributed by atoms with Crippen LogP contribution in [0.5, 0.6) is 0 Å². The smallest absolute Gasteiger partial charge is 0.237 e. The van der Waals surface area contributed by atoms with E-state index in [1.54, 1.807) is 0 Å². The zero-order valence-corrected chi connectivity index (χ0v) is 11.9. The molecule has 3 heterocycles. The Hall–Kier alpha value is -1.14. The molecule has 3 fully saturated rings. The molecule has 0 aliphatic carbocycles. The maximum absolute atomic E-state index is 12.2. The summed E-state index contributed by atoms with van der Waals surface area (Å²) in [6, 6.07) is 0.00130. The fraction of sp³-hybridized carbons (Fsp3) is 0.857. The highest BCUT2D eigenvalue weighted by Gasteiger charge is 2.33. The number of fused-ring (bicyclic) bond motifs is 2. The molecule has 3 aliphatic heterocycles. The highest BCUT2D eigenvalue weighted by Crippen LogP contribution is 2.19. The Kier molecular flexibility index (Phi) is 4.21. The van der Waals surface area contributed by atoms with Crippen LogP contribution in [0.4, 0.5) is 0 Å². The number of nitrogens with zero attached hydrogens (tertiary/aromatic N) is 2. The van der Waals surface area contributed by atoms with E-state index in [0.717, 1.165) is 51.9 Å². The van der Waals surface area contributed by atoms with E-state index in [0.29, 0.717) is 13.1 Å². The van der Waals surface area contributed by atoms with E-state index >= 15 is 0 Å². The van der Waals surface area contributed by atoms with Crippen LogP contribution >= 0.6 is 0 Å². The Labute approximate surface area is 119 Å². The Bertz CT molecular complexity index is 351. The number of amides is 2. The average Bonchev–Trinajstić information content (AvgIpc) is 3.06. The topological polar surface area (TPSA) is 64.7 Å². The van der Waals surface area contributed by atoms with Gasteiger partial charge in [-0.2, -0.15) is 0 Å². The lowest BCUT2D eigenvalue weighted by Gasteiger charge is -2.28. The highest BCUT2D eigenvalue weighted by atomic mass is 16.2. The third kappa shape index (κ3) is 2.81. The molecule has 112 valence electrons.